The molecule has 0 amide bonds. The van der Waals surface area contributed by atoms with Gasteiger partial charge in [0.1, 0.15) is 0 Å². The van der Waals surface area contributed by atoms with Crippen molar-refractivity contribution in [2.45, 2.75) is 33.9 Å². The van der Waals surface area contributed by atoms with Gasteiger partial charge in [-0.2, -0.15) is 13.2 Å². The maximum atomic E-state index is 14.7. The Balaban J connectivity index is 1.62. The van der Waals surface area contributed by atoms with E-state index in [-0.39, 0.29) is 22.5 Å². The molecule has 242 valence electrons. The number of benzene rings is 6. The lowest BCUT2D eigenvalue weighted by Gasteiger charge is -2.22. The van der Waals surface area contributed by atoms with Gasteiger partial charge in [-0.3, -0.25) is 0 Å². The Morgan fingerprint density at radius 2 is 0.900 bits per heavy atom. The predicted octanol–water partition coefficient (Wildman–Crippen LogP) is 12.9. The molecule has 4 nitrogen and oxygen atoms in total. The van der Waals surface area contributed by atoms with Gasteiger partial charge in [0.05, 0.1) is 52.1 Å². The molecule has 0 saturated carbocycles. The van der Waals surface area contributed by atoms with Gasteiger partial charge >= 0.3 is 6.18 Å². The normalized spacial score (nSPS) is 11.9. The highest BCUT2D eigenvalue weighted by Gasteiger charge is 2.35. The van der Waals surface area contributed by atoms with E-state index in [9.17, 15) is 13.2 Å². The molecule has 0 fully saturated rings. The molecule has 0 atom stereocenters. The lowest BCUT2D eigenvalue weighted by atomic mass is 9.94. The van der Waals surface area contributed by atoms with E-state index in [1.165, 1.54) is 12.1 Å². The highest BCUT2D eigenvalue weighted by Crippen LogP contribution is 2.49. The summed E-state index contributed by atoms with van der Waals surface area (Å²) in [6.07, 6.45) is -4.75. The second-order valence-electron chi connectivity index (χ2n) is 13.0. The molecule has 2 aromatic heterocycles. The van der Waals surface area contributed by atoms with E-state index in [1.54, 1.807) is 12.1 Å². The summed E-state index contributed by atoms with van der Waals surface area (Å²) < 4.78 is 48.2. The largest absolute Gasteiger partial charge is 0.415 e. The molecular formula is C43H29F3N4. The van der Waals surface area contributed by atoms with Crippen LogP contribution in [0.15, 0.2) is 103 Å². The number of nitrogens with zero attached hydrogens (tertiary/aromatic N) is 4. The minimum absolute atomic E-state index is 0.0204. The molecule has 0 aliphatic carbocycles. The molecule has 7 heteroatoms. The zero-order chi connectivity index (χ0) is 35.1. The standard InChI is InChI=1S/C43H29F3N4/c1-24-10-14-36-28(18-24)29-19-25(2)11-15-37(29)49(36)40-22-32(42-33(43(44,45)46)8-7-9-34(42)47-5)35(48-6)23-41(40)50-38-16-12-26(3)20-30(38)31-21-27(4)13-17-39(31)50/h7-23H,1-4H3. The van der Waals surface area contributed by atoms with Crippen molar-refractivity contribution in [1.82, 2.24) is 9.13 Å². The molecule has 0 saturated heterocycles. The van der Waals surface area contributed by atoms with E-state index in [1.807, 2.05) is 64.1 Å². The summed E-state index contributed by atoms with van der Waals surface area (Å²) in [5.41, 5.74) is 7.81. The smallest absolute Gasteiger partial charge is 0.308 e. The topological polar surface area (TPSA) is 18.6 Å². The van der Waals surface area contributed by atoms with E-state index in [0.29, 0.717) is 11.4 Å². The lowest BCUT2D eigenvalue weighted by molar-refractivity contribution is -0.137. The number of fused-ring (bicyclic) bond motifs is 6. The van der Waals surface area contributed by atoms with Crippen LogP contribution in [0.3, 0.4) is 0 Å². The van der Waals surface area contributed by atoms with Crippen molar-refractivity contribution in [3.63, 3.8) is 0 Å². The number of alkyl halides is 3. The van der Waals surface area contributed by atoms with E-state index < -0.39 is 11.7 Å². The van der Waals surface area contributed by atoms with E-state index in [4.69, 9.17) is 13.1 Å². The van der Waals surface area contributed by atoms with Crippen LogP contribution in [0.5, 0.6) is 0 Å². The monoisotopic (exact) mass is 658 g/mol. The van der Waals surface area contributed by atoms with Crippen LogP contribution in [0, 0.1) is 40.8 Å². The Bertz CT molecular complexity index is 2700. The van der Waals surface area contributed by atoms with Crippen LogP contribution in [-0.2, 0) is 6.18 Å². The minimum atomic E-state index is -4.75. The summed E-state index contributed by atoms with van der Waals surface area (Å²) in [6.45, 7) is 24.3. The molecule has 8 aromatic rings. The maximum Gasteiger partial charge on any atom is 0.415 e. The fourth-order valence-corrected chi connectivity index (χ4v) is 7.39. The quantitative estimate of drug-likeness (QED) is 0.168. The highest BCUT2D eigenvalue weighted by molar-refractivity contribution is 6.12. The zero-order valence-electron chi connectivity index (χ0n) is 27.7. The molecule has 0 bridgehead atoms. The van der Waals surface area contributed by atoms with Crippen LogP contribution < -0.4 is 0 Å². The molecule has 0 aliphatic rings. The molecule has 0 aliphatic heterocycles. The molecule has 50 heavy (non-hydrogen) atoms. The number of hydrogen-bond donors (Lipinski definition) is 0. The predicted molar refractivity (Wildman–Crippen MR) is 197 cm³/mol. The Morgan fingerprint density at radius 3 is 1.28 bits per heavy atom. The summed E-state index contributed by atoms with van der Waals surface area (Å²) in [6, 6.07) is 31.9. The molecular weight excluding hydrogens is 629 g/mol. The fourth-order valence-electron chi connectivity index (χ4n) is 7.39. The fraction of sp³-hybridized carbons (Fsp3) is 0.116. The van der Waals surface area contributed by atoms with Gasteiger partial charge in [-0.25, -0.2) is 9.69 Å². The molecule has 2 heterocycles. The van der Waals surface area contributed by atoms with Crippen molar-refractivity contribution in [2.24, 2.45) is 0 Å². The zero-order valence-corrected chi connectivity index (χ0v) is 27.7. The van der Waals surface area contributed by atoms with E-state index in [0.717, 1.165) is 71.9 Å². The van der Waals surface area contributed by atoms with Crippen LogP contribution in [0.25, 0.3) is 75.8 Å². The first-order valence-corrected chi connectivity index (χ1v) is 16.2. The molecule has 0 N–H and O–H groups in total. The number of halogens is 3. The molecule has 0 unspecified atom stereocenters. The number of aryl methyl sites for hydroxylation is 4. The Kier molecular flexibility index (Phi) is 6.89. The molecule has 6 aromatic carbocycles. The SMILES string of the molecule is [C-]#[N+]c1cc(-n2c3ccc(C)cc3c3cc(C)ccc32)c(-n2c3ccc(C)cc3c3cc(C)ccc32)cc1-c1c([N+]#[C-])cccc1C(F)(F)F. The second kappa shape index (κ2) is 11.1. The van der Waals surface area contributed by atoms with Gasteiger partial charge in [0.2, 0.25) is 0 Å². The van der Waals surface area contributed by atoms with Crippen molar-refractivity contribution in [1.29, 1.82) is 0 Å². The Hall–Kier alpha value is -6.31. The molecule has 0 spiro atoms. The van der Waals surface area contributed by atoms with Crippen LogP contribution in [-0.4, -0.2) is 9.13 Å². The third-order valence-corrected chi connectivity index (χ3v) is 9.58. The Morgan fingerprint density at radius 1 is 0.500 bits per heavy atom. The third-order valence-electron chi connectivity index (χ3n) is 9.58. The first kappa shape index (κ1) is 31.0. The third kappa shape index (κ3) is 4.66. The van der Waals surface area contributed by atoms with Gasteiger partial charge < -0.3 is 9.13 Å². The summed E-state index contributed by atoms with van der Waals surface area (Å²) >= 11 is 0. The van der Waals surface area contributed by atoms with Gasteiger partial charge in [0, 0.05) is 21.5 Å². The van der Waals surface area contributed by atoms with Crippen molar-refractivity contribution in [3.05, 3.63) is 154 Å². The first-order chi connectivity index (χ1) is 24.0. The Labute approximate surface area is 286 Å². The summed E-state index contributed by atoms with van der Waals surface area (Å²) in [5, 5.41) is 4.09. The van der Waals surface area contributed by atoms with Crippen molar-refractivity contribution >= 4 is 55.0 Å². The molecule has 0 radical (unpaired) electrons. The van der Waals surface area contributed by atoms with Crippen LogP contribution in [0.1, 0.15) is 27.8 Å². The van der Waals surface area contributed by atoms with Crippen molar-refractivity contribution in [3.8, 4) is 22.5 Å². The summed E-state index contributed by atoms with van der Waals surface area (Å²) in [7, 11) is 0. The van der Waals surface area contributed by atoms with Gasteiger partial charge in [-0.15, -0.1) is 0 Å². The van der Waals surface area contributed by atoms with Crippen LogP contribution >= 0.6 is 0 Å². The van der Waals surface area contributed by atoms with Gasteiger partial charge in [0.25, 0.3) is 0 Å². The van der Waals surface area contributed by atoms with Crippen molar-refractivity contribution in [2.75, 3.05) is 0 Å². The average molecular weight is 659 g/mol. The van der Waals surface area contributed by atoms with Gasteiger partial charge in [-0.1, -0.05) is 64.7 Å². The second-order valence-corrected chi connectivity index (χ2v) is 13.0. The number of rotatable bonds is 3. The van der Waals surface area contributed by atoms with Crippen LogP contribution in [0.4, 0.5) is 24.5 Å². The van der Waals surface area contributed by atoms with Gasteiger partial charge in [0.15, 0.2) is 11.4 Å². The summed E-state index contributed by atoms with van der Waals surface area (Å²) in [5.74, 6) is 0. The lowest BCUT2D eigenvalue weighted by Crippen LogP contribution is -2.08. The number of aromatic nitrogens is 2. The van der Waals surface area contributed by atoms with Crippen molar-refractivity contribution < 1.29 is 13.2 Å². The van der Waals surface area contributed by atoms with E-state index in [2.05, 4.69) is 55.2 Å². The number of hydrogen-bond acceptors (Lipinski definition) is 0. The molecule has 8 rings (SSSR count). The summed E-state index contributed by atoms with van der Waals surface area (Å²) in [4.78, 5) is 7.35. The average Bonchev–Trinajstić information content (AvgIpc) is 3.57. The first-order valence-electron chi connectivity index (χ1n) is 16.2. The van der Waals surface area contributed by atoms with Crippen LogP contribution in [0.2, 0.25) is 0 Å². The minimum Gasteiger partial charge on any atom is -0.308 e. The maximum absolute atomic E-state index is 14.7. The van der Waals surface area contributed by atoms with Gasteiger partial charge in [-0.05, 0) is 99.5 Å². The van der Waals surface area contributed by atoms with E-state index >= 15 is 0 Å². The highest BCUT2D eigenvalue weighted by atomic mass is 19.4.